The molecule has 1 atom stereocenters. The van der Waals surface area contributed by atoms with Crippen LogP contribution in [0, 0.1) is 24.0 Å². The molecule has 23 heavy (non-hydrogen) atoms. The van der Waals surface area contributed by atoms with E-state index in [-0.39, 0.29) is 17.5 Å². The van der Waals surface area contributed by atoms with Crippen molar-refractivity contribution < 1.29 is 14.2 Å². The first-order chi connectivity index (χ1) is 11.0. The summed E-state index contributed by atoms with van der Waals surface area (Å²) in [6.07, 6.45) is 1.66. The molecular formula is C16H17N3O4. The Kier molecular flexibility index (Phi) is 3.85. The Morgan fingerprint density at radius 3 is 2.74 bits per heavy atom. The molecule has 7 nitrogen and oxygen atoms in total. The fourth-order valence-corrected chi connectivity index (χ4v) is 3.01. The van der Waals surface area contributed by atoms with Crippen LogP contribution in [0.25, 0.3) is 11.1 Å². The molecule has 1 aliphatic carbocycles. The number of benzene rings is 1. The Hall–Kier alpha value is -2.70. The Labute approximate surface area is 132 Å². The maximum Gasteiger partial charge on any atom is 0.292 e. The summed E-state index contributed by atoms with van der Waals surface area (Å²) in [5.74, 6) is 0.816. The van der Waals surface area contributed by atoms with E-state index in [0.29, 0.717) is 42.0 Å². The summed E-state index contributed by atoms with van der Waals surface area (Å²) in [5.41, 5.74) is 2.59. The number of rotatable bonds is 4. The quantitative estimate of drug-likeness (QED) is 0.686. The van der Waals surface area contributed by atoms with Gasteiger partial charge < -0.3 is 9.84 Å². The maximum absolute atomic E-state index is 11.4. The van der Waals surface area contributed by atoms with Crippen molar-refractivity contribution in [3.8, 4) is 11.1 Å². The number of hydrogen-bond acceptors (Lipinski definition) is 6. The van der Waals surface area contributed by atoms with Crippen molar-refractivity contribution in [3.05, 3.63) is 39.8 Å². The highest BCUT2D eigenvalue weighted by Gasteiger charge is 2.25. The molecule has 0 bridgehead atoms. The number of aryl methyl sites for hydroxylation is 2. The fraction of sp³-hybridized carbons (Fsp3) is 0.375. The van der Waals surface area contributed by atoms with E-state index in [1.165, 1.54) is 6.07 Å². The zero-order chi connectivity index (χ0) is 16.6. The number of carbonyl (C=O) groups is 1. The highest BCUT2D eigenvalue weighted by Crippen LogP contribution is 2.35. The van der Waals surface area contributed by atoms with E-state index in [2.05, 4.69) is 10.5 Å². The molecule has 120 valence electrons. The van der Waals surface area contributed by atoms with Crippen LogP contribution in [0.4, 0.5) is 11.4 Å². The van der Waals surface area contributed by atoms with Gasteiger partial charge in [0, 0.05) is 30.5 Å². The molecule has 7 heteroatoms. The van der Waals surface area contributed by atoms with Crippen LogP contribution in [0.2, 0.25) is 0 Å². The first-order valence-electron chi connectivity index (χ1n) is 7.45. The summed E-state index contributed by atoms with van der Waals surface area (Å²) in [7, 11) is 0. The van der Waals surface area contributed by atoms with Gasteiger partial charge in [0.1, 0.15) is 17.2 Å². The molecule has 1 aromatic carbocycles. The molecule has 1 heterocycles. The minimum absolute atomic E-state index is 0.0122. The monoisotopic (exact) mass is 315 g/mol. The molecular weight excluding hydrogens is 298 g/mol. The average Bonchev–Trinajstić information content (AvgIpc) is 3.05. The molecule has 0 aliphatic heterocycles. The van der Waals surface area contributed by atoms with E-state index in [9.17, 15) is 14.9 Å². The summed E-state index contributed by atoms with van der Waals surface area (Å²) >= 11 is 0. The third-order valence-electron chi connectivity index (χ3n) is 4.12. The number of anilines is 1. The zero-order valence-electron chi connectivity index (χ0n) is 13.0. The van der Waals surface area contributed by atoms with Gasteiger partial charge in [-0.3, -0.25) is 14.9 Å². The smallest absolute Gasteiger partial charge is 0.292 e. The van der Waals surface area contributed by atoms with Crippen LogP contribution in [0.5, 0.6) is 0 Å². The Morgan fingerprint density at radius 1 is 1.39 bits per heavy atom. The minimum atomic E-state index is -0.416. The van der Waals surface area contributed by atoms with Gasteiger partial charge in [0.25, 0.3) is 5.69 Å². The van der Waals surface area contributed by atoms with Gasteiger partial charge in [-0.25, -0.2) is 0 Å². The summed E-state index contributed by atoms with van der Waals surface area (Å²) in [6.45, 7) is 3.57. The molecule has 1 N–H and O–H groups in total. The first-order valence-corrected chi connectivity index (χ1v) is 7.45. The molecule has 0 amide bonds. The minimum Gasteiger partial charge on any atom is -0.376 e. The average molecular weight is 315 g/mol. The third-order valence-corrected chi connectivity index (χ3v) is 4.12. The lowest BCUT2D eigenvalue weighted by Gasteiger charge is -2.13. The highest BCUT2D eigenvalue weighted by atomic mass is 16.6. The van der Waals surface area contributed by atoms with Crippen LogP contribution in [0.3, 0.4) is 0 Å². The maximum atomic E-state index is 11.4. The molecule has 0 spiro atoms. The summed E-state index contributed by atoms with van der Waals surface area (Å²) in [5, 5.41) is 18.4. The van der Waals surface area contributed by atoms with Crippen LogP contribution in [0.15, 0.2) is 22.7 Å². The highest BCUT2D eigenvalue weighted by molar-refractivity contribution is 5.82. The van der Waals surface area contributed by atoms with Gasteiger partial charge in [-0.15, -0.1) is 0 Å². The van der Waals surface area contributed by atoms with Gasteiger partial charge in [0.05, 0.1) is 10.6 Å². The van der Waals surface area contributed by atoms with Crippen molar-refractivity contribution in [1.29, 1.82) is 0 Å². The van der Waals surface area contributed by atoms with Crippen LogP contribution >= 0.6 is 0 Å². The van der Waals surface area contributed by atoms with Gasteiger partial charge in [-0.2, -0.15) is 0 Å². The van der Waals surface area contributed by atoms with Crippen molar-refractivity contribution in [2.45, 2.75) is 39.2 Å². The lowest BCUT2D eigenvalue weighted by atomic mass is 10.0. The normalized spacial score (nSPS) is 17.5. The van der Waals surface area contributed by atoms with E-state index in [1.807, 2.05) is 0 Å². The SMILES string of the molecule is Cc1noc(C)c1-c1ccc(N[C@@H]2CCC(=O)C2)c([N+](=O)[O-])c1. The van der Waals surface area contributed by atoms with Crippen LogP contribution in [-0.2, 0) is 4.79 Å². The lowest BCUT2D eigenvalue weighted by molar-refractivity contribution is -0.383. The van der Waals surface area contributed by atoms with E-state index in [0.717, 1.165) is 5.56 Å². The predicted octanol–water partition coefficient (Wildman–Crippen LogP) is 3.40. The number of ketones is 1. The number of Topliss-reactive ketones (excluding diaryl/α,β-unsaturated/α-hetero) is 1. The predicted molar refractivity (Wildman–Crippen MR) is 84.3 cm³/mol. The number of nitrogens with one attached hydrogen (secondary N) is 1. The molecule has 1 saturated carbocycles. The van der Waals surface area contributed by atoms with Gasteiger partial charge in [0.2, 0.25) is 0 Å². The van der Waals surface area contributed by atoms with Gasteiger partial charge in [-0.1, -0.05) is 11.2 Å². The van der Waals surface area contributed by atoms with Crippen LogP contribution in [-0.4, -0.2) is 21.9 Å². The molecule has 0 unspecified atom stereocenters. The lowest BCUT2D eigenvalue weighted by Crippen LogP contribution is -2.16. The Morgan fingerprint density at radius 2 is 2.17 bits per heavy atom. The molecule has 0 saturated heterocycles. The molecule has 1 aliphatic rings. The van der Waals surface area contributed by atoms with Crippen LogP contribution < -0.4 is 5.32 Å². The first kappa shape index (κ1) is 15.2. The summed E-state index contributed by atoms with van der Waals surface area (Å²) < 4.78 is 5.13. The molecule has 1 aromatic heterocycles. The number of nitro benzene ring substituents is 1. The largest absolute Gasteiger partial charge is 0.376 e. The number of nitro groups is 1. The van der Waals surface area contributed by atoms with E-state index in [1.54, 1.807) is 26.0 Å². The van der Waals surface area contributed by atoms with Crippen molar-refractivity contribution in [3.63, 3.8) is 0 Å². The number of aromatic nitrogens is 1. The van der Waals surface area contributed by atoms with Crippen LogP contribution in [0.1, 0.15) is 30.7 Å². The van der Waals surface area contributed by atoms with Gasteiger partial charge in [0.15, 0.2) is 0 Å². The second kappa shape index (κ2) is 5.83. The fourth-order valence-electron chi connectivity index (χ4n) is 3.01. The summed E-state index contributed by atoms with van der Waals surface area (Å²) in [6, 6.07) is 4.97. The van der Waals surface area contributed by atoms with E-state index >= 15 is 0 Å². The number of carbonyl (C=O) groups excluding carboxylic acids is 1. The van der Waals surface area contributed by atoms with E-state index in [4.69, 9.17) is 4.52 Å². The molecule has 3 rings (SSSR count). The molecule has 2 aromatic rings. The Bertz CT molecular complexity index is 762. The number of hydrogen-bond donors (Lipinski definition) is 1. The molecule has 0 radical (unpaired) electrons. The van der Waals surface area contributed by atoms with E-state index < -0.39 is 4.92 Å². The van der Waals surface area contributed by atoms with Crippen molar-refractivity contribution in [1.82, 2.24) is 5.16 Å². The summed E-state index contributed by atoms with van der Waals surface area (Å²) in [4.78, 5) is 22.4. The molecule has 1 fully saturated rings. The standard InChI is InChI=1S/C16H17N3O4/c1-9-16(10(2)23-18-9)11-3-6-14(15(7-11)19(21)22)17-12-4-5-13(20)8-12/h3,6-7,12,17H,4-5,8H2,1-2H3/t12-/m1/s1. The topological polar surface area (TPSA) is 98.3 Å². The van der Waals surface area contributed by atoms with Gasteiger partial charge >= 0.3 is 0 Å². The van der Waals surface area contributed by atoms with Crippen molar-refractivity contribution in [2.75, 3.05) is 5.32 Å². The second-order valence-electron chi connectivity index (χ2n) is 5.81. The third kappa shape index (κ3) is 2.94. The number of nitrogens with zero attached hydrogens (tertiary/aromatic N) is 2. The Balaban J connectivity index is 1.96. The van der Waals surface area contributed by atoms with Gasteiger partial charge in [-0.05, 0) is 31.9 Å². The van der Waals surface area contributed by atoms with Crippen molar-refractivity contribution >= 4 is 17.2 Å². The second-order valence-corrected chi connectivity index (χ2v) is 5.81. The zero-order valence-corrected chi connectivity index (χ0v) is 13.0. The van der Waals surface area contributed by atoms with Crippen molar-refractivity contribution in [2.24, 2.45) is 0 Å².